The molecule has 3 fully saturated rings. The maximum absolute atomic E-state index is 13.0. The van der Waals surface area contributed by atoms with Crippen molar-refractivity contribution in [2.75, 3.05) is 31.1 Å². The average Bonchev–Trinajstić information content (AvgIpc) is 3.69. The van der Waals surface area contributed by atoms with Crippen LogP contribution >= 0.6 is 0 Å². The van der Waals surface area contributed by atoms with Gasteiger partial charge in [0.1, 0.15) is 17.9 Å². The number of aromatic nitrogens is 2. The van der Waals surface area contributed by atoms with Crippen LogP contribution in [0.15, 0.2) is 42.6 Å². The fourth-order valence-electron chi connectivity index (χ4n) is 6.99. The molecule has 0 bridgehead atoms. The first-order valence-corrected chi connectivity index (χ1v) is 15.1. The molecule has 11 nitrogen and oxygen atoms in total. The molecule has 1 unspecified atom stereocenters. The first kappa shape index (κ1) is 27.7. The smallest absolute Gasteiger partial charge is 0.255 e. The van der Waals surface area contributed by atoms with Crippen molar-refractivity contribution in [1.82, 2.24) is 25.1 Å². The van der Waals surface area contributed by atoms with Gasteiger partial charge in [-0.2, -0.15) is 0 Å². The quantitative estimate of drug-likeness (QED) is 0.402. The summed E-state index contributed by atoms with van der Waals surface area (Å²) in [5.74, 6) is 1.03. The van der Waals surface area contributed by atoms with Gasteiger partial charge in [0.25, 0.3) is 5.91 Å². The molecule has 3 amide bonds. The van der Waals surface area contributed by atoms with Gasteiger partial charge < -0.3 is 19.6 Å². The van der Waals surface area contributed by atoms with E-state index in [4.69, 9.17) is 9.72 Å². The van der Waals surface area contributed by atoms with Gasteiger partial charge in [-0.05, 0) is 66.6 Å². The molecule has 1 aromatic heterocycles. The number of nitrogens with zero attached hydrogens (tertiary/aromatic N) is 5. The Morgan fingerprint density at radius 3 is 2.79 bits per heavy atom. The molecule has 4 aliphatic heterocycles. The van der Waals surface area contributed by atoms with Crippen LogP contribution in [0.3, 0.4) is 0 Å². The van der Waals surface area contributed by atoms with Gasteiger partial charge in [0, 0.05) is 56.3 Å². The fraction of sp³-hybridized carbons (Fsp3) is 0.469. The lowest BCUT2D eigenvalue weighted by atomic mass is 10.0. The Bertz CT molecular complexity index is 1600. The highest BCUT2D eigenvalue weighted by Crippen LogP contribution is 2.32. The van der Waals surface area contributed by atoms with Crippen molar-refractivity contribution in [3.05, 3.63) is 59.3 Å². The third kappa shape index (κ3) is 5.43. The van der Waals surface area contributed by atoms with Gasteiger partial charge in [-0.15, -0.1) is 0 Å². The third-order valence-corrected chi connectivity index (χ3v) is 9.16. The van der Waals surface area contributed by atoms with Gasteiger partial charge in [0.2, 0.25) is 17.8 Å². The van der Waals surface area contributed by atoms with Crippen molar-refractivity contribution in [1.29, 1.82) is 0 Å². The van der Waals surface area contributed by atoms with Crippen molar-refractivity contribution in [2.45, 2.75) is 63.9 Å². The van der Waals surface area contributed by atoms with Crippen LogP contribution in [0.5, 0.6) is 5.75 Å². The van der Waals surface area contributed by atoms with E-state index in [-0.39, 0.29) is 37.0 Å². The summed E-state index contributed by atoms with van der Waals surface area (Å²) in [6.45, 7) is 6.00. The molecule has 3 aromatic rings. The van der Waals surface area contributed by atoms with E-state index < -0.39 is 11.9 Å². The average molecular weight is 585 g/mol. The number of likely N-dealkylation sites (tertiary alicyclic amines) is 1. The predicted octanol–water partition coefficient (Wildman–Crippen LogP) is 2.25. The zero-order valence-electron chi connectivity index (χ0n) is 24.2. The Morgan fingerprint density at radius 2 is 1.95 bits per heavy atom. The topological polar surface area (TPSA) is 128 Å². The number of carbonyl (C=O) groups is 3. The number of nitrogens with one attached hydrogen (secondary N) is 1. The summed E-state index contributed by atoms with van der Waals surface area (Å²) < 4.78 is 6.34. The van der Waals surface area contributed by atoms with Crippen LogP contribution in [-0.2, 0) is 22.7 Å². The van der Waals surface area contributed by atoms with Gasteiger partial charge in [-0.1, -0.05) is 13.0 Å². The van der Waals surface area contributed by atoms with E-state index in [1.165, 1.54) is 5.56 Å². The predicted molar refractivity (Wildman–Crippen MR) is 158 cm³/mol. The molecule has 43 heavy (non-hydrogen) atoms. The maximum Gasteiger partial charge on any atom is 0.255 e. The van der Waals surface area contributed by atoms with Gasteiger partial charge >= 0.3 is 0 Å². The van der Waals surface area contributed by atoms with E-state index in [0.29, 0.717) is 30.4 Å². The largest absolute Gasteiger partial charge is 0.489 e. The van der Waals surface area contributed by atoms with E-state index in [0.717, 1.165) is 61.2 Å². The SMILES string of the molecule is C[C@H]1C[C@H](CO)N(c2ncc3cc(CN4CC[C@H](Oc5ccc6c(c5)CN(C5CCC(=O)NC5=O)C6=O)C4)ccc3n2)C1. The monoisotopic (exact) mass is 584 g/mol. The molecule has 11 heteroatoms. The summed E-state index contributed by atoms with van der Waals surface area (Å²) in [4.78, 5) is 52.3. The molecular formula is C32H36N6O5. The second-order valence-corrected chi connectivity index (χ2v) is 12.4. The highest BCUT2D eigenvalue weighted by Gasteiger charge is 2.39. The number of anilines is 1. The van der Waals surface area contributed by atoms with Gasteiger partial charge in [0.15, 0.2) is 0 Å². The number of piperidine rings is 1. The molecule has 2 N–H and O–H groups in total. The summed E-state index contributed by atoms with van der Waals surface area (Å²) in [7, 11) is 0. The molecule has 4 atom stereocenters. The van der Waals surface area contributed by atoms with E-state index in [1.54, 1.807) is 11.0 Å². The Labute approximate surface area is 249 Å². The number of carbonyl (C=O) groups excluding carboxylic acids is 3. The third-order valence-electron chi connectivity index (χ3n) is 9.16. The Kier molecular flexibility index (Phi) is 7.22. The summed E-state index contributed by atoms with van der Waals surface area (Å²) in [5.41, 5.74) is 3.52. The second kappa shape index (κ2) is 11.2. The number of imide groups is 1. The highest BCUT2D eigenvalue weighted by atomic mass is 16.5. The molecule has 4 aliphatic rings. The molecule has 7 rings (SSSR count). The van der Waals surface area contributed by atoms with Gasteiger partial charge in [0.05, 0.1) is 18.2 Å². The van der Waals surface area contributed by atoms with Crippen molar-refractivity contribution < 1.29 is 24.2 Å². The van der Waals surface area contributed by atoms with Gasteiger partial charge in [-0.25, -0.2) is 9.97 Å². The lowest BCUT2D eigenvalue weighted by Crippen LogP contribution is -2.52. The number of rotatable bonds is 7. The molecule has 5 heterocycles. The van der Waals surface area contributed by atoms with Crippen molar-refractivity contribution in [3.63, 3.8) is 0 Å². The molecule has 2 aromatic carbocycles. The number of amides is 3. The number of hydrogen-bond donors (Lipinski definition) is 2. The minimum atomic E-state index is -0.624. The van der Waals surface area contributed by atoms with E-state index in [2.05, 4.69) is 45.2 Å². The van der Waals surface area contributed by atoms with Gasteiger partial charge in [-0.3, -0.25) is 24.6 Å². The van der Waals surface area contributed by atoms with E-state index >= 15 is 0 Å². The Balaban J connectivity index is 0.962. The summed E-state index contributed by atoms with van der Waals surface area (Å²) in [6, 6.07) is 11.3. The fourth-order valence-corrected chi connectivity index (χ4v) is 6.99. The van der Waals surface area contributed by atoms with Crippen molar-refractivity contribution >= 4 is 34.6 Å². The standard InChI is InChI=1S/C32H36N6O5/c1-19-10-23(18-39)37(14-19)32-33-13-21-11-20(2-5-27(21)34-32)15-36-9-8-25(17-36)43-24-3-4-26-22(12-24)16-38(31(26)42)28-6-7-29(40)35-30(28)41/h2-5,11-13,19,23,25,28,39H,6-10,14-18H2,1H3,(H,35,40,41)/t19-,23+,25-,28?/m0/s1. The van der Waals surface area contributed by atoms with Crippen LogP contribution in [-0.4, -0.2) is 87.0 Å². The van der Waals surface area contributed by atoms with Crippen LogP contribution in [0.2, 0.25) is 0 Å². The number of fused-ring (bicyclic) bond motifs is 2. The molecule has 0 aliphatic carbocycles. The minimum Gasteiger partial charge on any atom is -0.489 e. The first-order valence-electron chi connectivity index (χ1n) is 15.1. The van der Waals surface area contributed by atoms with E-state index in [1.807, 2.05) is 18.3 Å². The van der Waals surface area contributed by atoms with Crippen LogP contribution in [0.25, 0.3) is 10.9 Å². The minimum absolute atomic E-state index is 0.0371. The van der Waals surface area contributed by atoms with Crippen molar-refractivity contribution in [2.24, 2.45) is 5.92 Å². The number of ether oxygens (including phenoxy) is 1. The highest BCUT2D eigenvalue weighted by molar-refractivity contribution is 6.05. The molecule has 3 saturated heterocycles. The second-order valence-electron chi connectivity index (χ2n) is 12.4. The molecule has 0 saturated carbocycles. The number of aliphatic hydroxyl groups excluding tert-OH is 1. The lowest BCUT2D eigenvalue weighted by molar-refractivity contribution is -0.136. The summed E-state index contributed by atoms with van der Waals surface area (Å²) in [6.07, 6.45) is 4.36. The number of benzene rings is 2. The maximum atomic E-state index is 13.0. The molecule has 224 valence electrons. The number of aliphatic hydroxyl groups is 1. The van der Waals surface area contributed by atoms with Crippen molar-refractivity contribution in [3.8, 4) is 5.75 Å². The summed E-state index contributed by atoms with van der Waals surface area (Å²) in [5, 5.41) is 13.1. The van der Waals surface area contributed by atoms with E-state index in [9.17, 15) is 19.5 Å². The van der Waals surface area contributed by atoms with Crippen LogP contribution in [0.1, 0.15) is 54.1 Å². The number of hydrogen-bond acceptors (Lipinski definition) is 9. The zero-order valence-corrected chi connectivity index (χ0v) is 24.2. The lowest BCUT2D eigenvalue weighted by Gasteiger charge is -2.29. The Hall–Kier alpha value is -4.09. The van der Waals surface area contributed by atoms with Crippen LogP contribution < -0.4 is 15.0 Å². The Morgan fingerprint density at radius 1 is 1.07 bits per heavy atom. The zero-order chi connectivity index (χ0) is 29.7. The molecule has 0 radical (unpaired) electrons. The first-order chi connectivity index (χ1) is 20.8. The summed E-state index contributed by atoms with van der Waals surface area (Å²) >= 11 is 0. The van der Waals surface area contributed by atoms with Crippen LogP contribution in [0.4, 0.5) is 5.95 Å². The normalized spacial score (nSPS) is 26.0. The van der Waals surface area contributed by atoms with Crippen LogP contribution in [0, 0.1) is 5.92 Å². The molecular weight excluding hydrogens is 548 g/mol. The molecule has 0 spiro atoms.